The number of nitrogens with zero attached hydrogens (tertiary/aromatic N) is 2. The van der Waals surface area contributed by atoms with Crippen LogP contribution in [0.2, 0.25) is 0 Å². The van der Waals surface area contributed by atoms with Crippen LogP contribution in [0.25, 0.3) is 0 Å². The van der Waals surface area contributed by atoms with Crippen molar-refractivity contribution < 1.29 is 4.79 Å². The highest BCUT2D eigenvalue weighted by atomic mass is 16.1. The van der Waals surface area contributed by atoms with Gasteiger partial charge in [-0.2, -0.15) is 10.2 Å². The van der Waals surface area contributed by atoms with Gasteiger partial charge >= 0.3 is 0 Å². The lowest BCUT2D eigenvalue weighted by molar-refractivity contribution is 0.0999. The van der Waals surface area contributed by atoms with Crippen LogP contribution in [0.4, 0.5) is 0 Å². The predicted molar refractivity (Wildman–Crippen MR) is 59.5 cm³/mol. The van der Waals surface area contributed by atoms with Gasteiger partial charge in [-0.3, -0.25) is 4.79 Å². The zero-order chi connectivity index (χ0) is 11.4. The average molecular weight is 212 g/mol. The summed E-state index contributed by atoms with van der Waals surface area (Å²) >= 11 is 0. The Morgan fingerprint density at radius 1 is 1.19 bits per heavy atom. The van der Waals surface area contributed by atoms with E-state index in [9.17, 15) is 4.79 Å². The molecule has 0 unspecified atom stereocenters. The average Bonchev–Trinajstić information content (AvgIpc) is 2.31. The second-order valence-electron chi connectivity index (χ2n) is 3.25. The third-order valence-electron chi connectivity index (χ3n) is 2.12. The molecule has 2 aromatic rings. The van der Waals surface area contributed by atoms with Crippen LogP contribution < -0.4 is 5.73 Å². The maximum Gasteiger partial charge on any atom is 0.250 e. The van der Waals surface area contributed by atoms with Crippen molar-refractivity contribution in [1.29, 1.82) is 0 Å². The van der Waals surface area contributed by atoms with Gasteiger partial charge in [-0.15, -0.1) is 0 Å². The molecule has 0 atom stereocenters. The Kier molecular flexibility index (Phi) is 2.91. The minimum atomic E-state index is -0.503. The van der Waals surface area contributed by atoms with E-state index >= 15 is 0 Å². The second-order valence-corrected chi connectivity index (χ2v) is 3.25. The van der Waals surface area contributed by atoms with Gasteiger partial charge < -0.3 is 5.73 Å². The largest absolute Gasteiger partial charge is 0.366 e. The van der Waals surface area contributed by atoms with E-state index in [-0.39, 0.29) is 0 Å². The van der Waals surface area contributed by atoms with E-state index in [2.05, 4.69) is 10.2 Å². The van der Waals surface area contributed by atoms with Gasteiger partial charge in [0.15, 0.2) is 0 Å². The summed E-state index contributed by atoms with van der Waals surface area (Å²) in [6, 6.07) is 11.1. The first-order valence-corrected chi connectivity index (χ1v) is 4.78. The molecule has 4 nitrogen and oxygen atoms in total. The molecule has 0 bridgehead atoms. The second kappa shape index (κ2) is 4.53. The zero-order valence-electron chi connectivity index (χ0n) is 8.50. The lowest BCUT2D eigenvalue weighted by Crippen LogP contribution is -2.15. The first kappa shape index (κ1) is 10.3. The Balaban J connectivity index is 2.31. The van der Waals surface area contributed by atoms with Gasteiger partial charge in [-0.1, -0.05) is 30.3 Å². The van der Waals surface area contributed by atoms with E-state index < -0.39 is 5.91 Å². The third-order valence-corrected chi connectivity index (χ3v) is 2.12. The molecule has 16 heavy (non-hydrogen) atoms. The van der Waals surface area contributed by atoms with Crippen LogP contribution in [0.15, 0.2) is 42.6 Å². The van der Waals surface area contributed by atoms with Crippen LogP contribution in [0.5, 0.6) is 0 Å². The third kappa shape index (κ3) is 2.23. The molecule has 0 aliphatic heterocycles. The maximum absolute atomic E-state index is 11.1. The topological polar surface area (TPSA) is 68.9 Å². The van der Waals surface area contributed by atoms with Crippen LogP contribution in [-0.4, -0.2) is 16.1 Å². The minimum absolute atomic E-state index is 0.374. The zero-order valence-corrected chi connectivity index (χ0v) is 8.50. The molecule has 0 aliphatic rings. The van der Waals surface area contributed by atoms with Crippen LogP contribution in [0.1, 0.15) is 21.6 Å². The Morgan fingerprint density at radius 2 is 1.94 bits per heavy atom. The predicted octanol–water partition coefficient (Wildman–Crippen LogP) is 1.18. The van der Waals surface area contributed by atoms with E-state index in [0.29, 0.717) is 11.3 Å². The lowest BCUT2D eigenvalue weighted by atomic mass is 10.1. The molecule has 1 heterocycles. The van der Waals surface area contributed by atoms with Crippen molar-refractivity contribution in [1.82, 2.24) is 10.2 Å². The van der Waals surface area contributed by atoms with Crippen LogP contribution in [0, 0.1) is 6.42 Å². The van der Waals surface area contributed by atoms with Gasteiger partial charge in [0.05, 0.1) is 17.5 Å². The molecule has 0 fully saturated rings. The highest BCUT2D eigenvalue weighted by molar-refractivity contribution is 5.94. The molecule has 2 N–H and O–H groups in total. The summed E-state index contributed by atoms with van der Waals surface area (Å²) in [6.45, 7) is 0. The fourth-order valence-electron chi connectivity index (χ4n) is 1.36. The van der Waals surface area contributed by atoms with Crippen molar-refractivity contribution in [3.63, 3.8) is 0 Å². The van der Waals surface area contributed by atoms with Crippen molar-refractivity contribution in [3.8, 4) is 0 Å². The van der Waals surface area contributed by atoms with Crippen molar-refractivity contribution in [3.05, 3.63) is 65.8 Å². The Morgan fingerprint density at radius 3 is 2.62 bits per heavy atom. The van der Waals surface area contributed by atoms with Crippen molar-refractivity contribution in [2.75, 3.05) is 0 Å². The summed E-state index contributed by atoms with van der Waals surface area (Å²) in [5.41, 5.74) is 7.05. The molecular weight excluding hydrogens is 202 g/mol. The van der Waals surface area contributed by atoms with Crippen molar-refractivity contribution >= 4 is 5.91 Å². The molecule has 1 amide bonds. The Bertz CT molecular complexity index is 497. The van der Waals surface area contributed by atoms with Crippen molar-refractivity contribution in [2.24, 2.45) is 5.73 Å². The van der Waals surface area contributed by atoms with Gasteiger partial charge in [-0.25, -0.2) is 0 Å². The molecule has 79 valence electrons. The summed E-state index contributed by atoms with van der Waals surface area (Å²) in [5, 5.41) is 7.62. The summed E-state index contributed by atoms with van der Waals surface area (Å²) < 4.78 is 0. The Hall–Kier alpha value is -2.23. The molecule has 0 saturated carbocycles. The summed E-state index contributed by atoms with van der Waals surface area (Å²) in [4.78, 5) is 11.1. The van der Waals surface area contributed by atoms with E-state index in [4.69, 9.17) is 5.73 Å². The molecule has 4 heteroatoms. The van der Waals surface area contributed by atoms with Crippen LogP contribution >= 0.6 is 0 Å². The standard InChI is InChI=1S/C12H10N3O/c13-12(16)10-6-7-14-15-11(10)8-9-4-2-1-3-5-9/h1-8H,(H2,13,16). The van der Waals surface area contributed by atoms with E-state index in [0.717, 1.165) is 5.56 Å². The monoisotopic (exact) mass is 212 g/mol. The van der Waals surface area contributed by atoms with Crippen molar-refractivity contribution in [2.45, 2.75) is 0 Å². The van der Waals surface area contributed by atoms with E-state index in [1.807, 2.05) is 30.3 Å². The number of hydrogen-bond donors (Lipinski definition) is 1. The maximum atomic E-state index is 11.1. The lowest BCUT2D eigenvalue weighted by Gasteiger charge is -2.03. The number of primary amides is 1. The first-order chi connectivity index (χ1) is 7.77. The normalized spacial score (nSPS) is 10.0. The van der Waals surface area contributed by atoms with Crippen LogP contribution in [0.3, 0.4) is 0 Å². The number of carbonyl (C=O) groups excluding carboxylic acids is 1. The van der Waals surface area contributed by atoms with Gasteiger partial charge in [0.2, 0.25) is 0 Å². The molecule has 1 radical (unpaired) electrons. The van der Waals surface area contributed by atoms with Gasteiger partial charge in [0, 0.05) is 6.42 Å². The van der Waals surface area contributed by atoms with Gasteiger partial charge in [0.25, 0.3) is 5.91 Å². The van der Waals surface area contributed by atoms with Gasteiger partial charge in [0.1, 0.15) is 0 Å². The number of nitrogens with two attached hydrogens (primary N) is 1. The fourth-order valence-corrected chi connectivity index (χ4v) is 1.36. The number of carbonyl (C=O) groups is 1. The number of benzene rings is 1. The first-order valence-electron chi connectivity index (χ1n) is 4.78. The molecule has 1 aromatic heterocycles. The summed E-state index contributed by atoms with van der Waals surface area (Å²) in [6.07, 6.45) is 3.22. The molecule has 0 saturated heterocycles. The van der Waals surface area contributed by atoms with E-state index in [1.54, 1.807) is 12.5 Å². The molecule has 0 spiro atoms. The highest BCUT2D eigenvalue weighted by Crippen LogP contribution is 2.12. The summed E-state index contributed by atoms with van der Waals surface area (Å²) in [7, 11) is 0. The molecule has 1 aromatic carbocycles. The number of hydrogen-bond acceptors (Lipinski definition) is 3. The Labute approximate surface area is 93.1 Å². The highest BCUT2D eigenvalue weighted by Gasteiger charge is 2.09. The minimum Gasteiger partial charge on any atom is -0.366 e. The van der Waals surface area contributed by atoms with Gasteiger partial charge in [-0.05, 0) is 11.6 Å². The van der Waals surface area contributed by atoms with E-state index in [1.165, 1.54) is 6.20 Å². The quantitative estimate of drug-likeness (QED) is 0.830. The molecular formula is C12H10N3O. The molecule has 0 aliphatic carbocycles. The summed E-state index contributed by atoms with van der Waals surface area (Å²) in [5.74, 6) is -0.503. The SMILES string of the molecule is NC(=O)c1ccnnc1[CH]c1ccccc1. The fraction of sp³-hybridized carbons (Fsp3) is 0. The number of rotatable bonds is 3. The number of amides is 1. The number of aromatic nitrogens is 2. The molecule has 2 rings (SSSR count). The smallest absolute Gasteiger partial charge is 0.250 e. The van der Waals surface area contributed by atoms with Crippen LogP contribution in [-0.2, 0) is 0 Å².